The van der Waals surface area contributed by atoms with Crippen LogP contribution in [0.4, 0.5) is 11.4 Å². The van der Waals surface area contributed by atoms with Crippen LogP contribution < -0.4 is 15.5 Å². The Bertz CT molecular complexity index is 729. The molecule has 2 heterocycles. The molecule has 6 nitrogen and oxygen atoms in total. The number of anilines is 2. The van der Waals surface area contributed by atoms with E-state index in [4.69, 9.17) is 11.6 Å². The number of nitrogens with one attached hydrogen (secondary N) is 2. The Morgan fingerprint density at radius 2 is 2.12 bits per heavy atom. The molecule has 1 amide bonds. The van der Waals surface area contributed by atoms with E-state index in [1.54, 1.807) is 18.2 Å². The first-order chi connectivity index (χ1) is 11.5. The number of nitrogens with zero attached hydrogens (tertiary/aromatic N) is 3. The Balaban J connectivity index is 0.00000169. The fourth-order valence-corrected chi connectivity index (χ4v) is 3.08. The van der Waals surface area contributed by atoms with Gasteiger partial charge in [-0.15, -0.1) is 24.8 Å². The maximum absolute atomic E-state index is 12.5. The van der Waals surface area contributed by atoms with Crippen molar-refractivity contribution in [2.24, 2.45) is 0 Å². The molecule has 9 heteroatoms. The molecule has 2 N–H and O–H groups in total. The van der Waals surface area contributed by atoms with Crippen molar-refractivity contribution in [3.8, 4) is 0 Å². The second-order valence-corrected chi connectivity index (χ2v) is 6.63. The van der Waals surface area contributed by atoms with Gasteiger partial charge in [-0.2, -0.15) is 5.10 Å². The fraction of sp³-hybridized carbons (Fsp3) is 0.412. The van der Waals surface area contributed by atoms with Crippen molar-refractivity contribution < 1.29 is 4.79 Å². The number of rotatable bonds is 4. The van der Waals surface area contributed by atoms with Crippen LogP contribution >= 0.6 is 36.4 Å². The molecular weight excluding hydrogens is 397 g/mol. The molecule has 3 rings (SSSR count). The van der Waals surface area contributed by atoms with Crippen molar-refractivity contribution in [3.05, 3.63) is 41.2 Å². The minimum atomic E-state index is -0.233. The minimum Gasteiger partial charge on any atom is -0.376 e. The number of benzene rings is 1. The van der Waals surface area contributed by atoms with E-state index in [1.807, 2.05) is 35.9 Å². The summed E-state index contributed by atoms with van der Waals surface area (Å²) < 4.78 is 1.88. The van der Waals surface area contributed by atoms with E-state index in [2.05, 4.69) is 15.7 Å². The van der Waals surface area contributed by atoms with Crippen LogP contribution in [0.2, 0.25) is 5.02 Å². The molecule has 0 radical (unpaired) electrons. The summed E-state index contributed by atoms with van der Waals surface area (Å²) in [5, 5.41) is 11.3. The van der Waals surface area contributed by atoms with E-state index in [9.17, 15) is 4.79 Å². The normalized spacial score (nSPS) is 16.2. The first-order valence-corrected chi connectivity index (χ1v) is 8.46. The van der Waals surface area contributed by atoms with Gasteiger partial charge in [0.15, 0.2) is 5.69 Å². The number of piperidine rings is 1. The summed E-state index contributed by atoms with van der Waals surface area (Å²) in [5.74, 6) is -0.233. The number of amides is 1. The number of carbonyl (C=O) groups is 1. The lowest BCUT2D eigenvalue weighted by atomic mass is 10.1. The Morgan fingerprint density at radius 3 is 2.77 bits per heavy atom. The smallest absolute Gasteiger partial charge is 0.276 e. The van der Waals surface area contributed by atoms with E-state index in [1.165, 1.54) is 0 Å². The van der Waals surface area contributed by atoms with Gasteiger partial charge in [0.1, 0.15) is 0 Å². The molecule has 1 saturated heterocycles. The molecule has 1 fully saturated rings. The van der Waals surface area contributed by atoms with Crippen molar-refractivity contribution in [1.82, 2.24) is 15.1 Å². The Hall–Kier alpha value is -1.47. The Kier molecular flexibility index (Phi) is 8.70. The molecular formula is C17H24Cl3N5O. The molecule has 0 saturated carbocycles. The zero-order valence-electron chi connectivity index (χ0n) is 14.7. The van der Waals surface area contributed by atoms with Gasteiger partial charge in [0.2, 0.25) is 0 Å². The van der Waals surface area contributed by atoms with E-state index < -0.39 is 0 Å². The van der Waals surface area contributed by atoms with Crippen molar-refractivity contribution in [2.45, 2.75) is 18.9 Å². The van der Waals surface area contributed by atoms with Crippen LogP contribution in [0.1, 0.15) is 29.4 Å². The zero-order valence-corrected chi connectivity index (χ0v) is 17.1. The molecule has 0 bridgehead atoms. The van der Waals surface area contributed by atoms with Crippen LogP contribution in [0, 0.1) is 0 Å². The predicted octanol–water partition coefficient (Wildman–Crippen LogP) is 3.62. The van der Waals surface area contributed by atoms with Crippen LogP contribution in [0.3, 0.4) is 0 Å². The molecule has 0 spiro atoms. The highest BCUT2D eigenvalue weighted by molar-refractivity contribution is 6.31. The lowest BCUT2D eigenvalue weighted by molar-refractivity contribution is 0.102. The monoisotopic (exact) mass is 419 g/mol. The number of hydrogen-bond donors (Lipinski definition) is 2. The Morgan fingerprint density at radius 1 is 1.35 bits per heavy atom. The maximum atomic E-state index is 12.5. The molecule has 1 unspecified atom stereocenters. The molecule has 0 aliphatic carbocycles. The minimum absolute atomic E-state index is 0. The zero-order chi connectivity index (χ0) is 17.1. The van der Waals surface area contributed by atoms with Gasteiger partial charge in [-0.3, -0.25) is 9.48 Å². The average molecular weight is 421 g/mol. The quantitative estimate of drug-likeness (QED) is 0.793. The molecule has 1 aromatic carbocycles. The summed E-state index contributed by atoms with van der Waals surface area (Å²) in [6.07, 6.45) is 4.08. The van der Waals surface area contributed by atoms with Crippen LogP contribution in [0.5, 0.6) is 0 Å². The SMILES string of the molecule is CN(C)c1ccc(Cl)cc1NC(=O)c1ccn(C2CCCNC2)n1.Cl.Cl. The molecule has 1 aromatic heterocycles. The second-order valence-electron chi connectivity index (χ2n) is 6.19. The summed E-state index contributed by atoms with van der Waals surface area (Å²) in [5.41, 5.74) is 1.97. The molecule has 26 heavy (non-hydrogen) atoms. The van der Waals surface area contributed by atoms with Gasteiger partial charge in [0.05, 0.1) is 17.4 Å². The van der Waals surface area contributed by atoms with Gasteiger partial charge in [-0.05, 0) is 43.7 Å². The predicted molar refractivity (Wildman–Crippen MR) is 112 cm³/mol. The molecule has 1 aliphatic rings. The Labute approximate surface area is 171 Å². The first kappa shape index (κ1) is 22.6. The van der Waals surface area contributed by atoms with Crippen LogP contribution in [-0.4, -0.2) is 42.9 Å². The van der Waals surface area contributed by atoms with Crippen molar-refractivity contribution in [1.29, 1.82) is 0 Å². The van der Waals surface area contributed by atoms with Crippen LogP contribution in [0.25, 0.3) is 0 Å². The highest BCUT2D eigenvalue weighted by Gasteiger charge is 2.18. The third-order valence-electron chi connectivity index (χ3n) is 4.17. The first-order valence-electron chi connectivity index (χ1n) is 8.08. The standard InChI is InChI=1S/C17H22ClN5O.2ClH/c1-22(2)16-6-5-12(18)10-15(16)20-17(24)14-7-9-23(21-14)13-4-3-8-19-11-13;;/h5-7,9-10,13,19H,3-4,8,11H2,1-2H3,(H,20,24);2*1H. The van der Waals surface area contributed by atoms with Gasteiger partial charge in [-0.25, -0.2) is 0 Å². The third-order valence-corrected chi connectivity index (χ3v) is 4.41. The van der Waals surface area contributed by atoms with Gasteiger partial charge in [0.25, 0.3) is 5.91 Å². The van der Waals surface area contributed by atoms with E-state index in [-0.39, 0.29) is 30.7 Å². The largest absolute Gasteiger partial charge is 0.376 e. The highest BCUT2D eigenvalue weighted by Crippen LogP contribution is 2.28. The molecule has 144 valence electrons. The lowest BCUT2D eigenvalue weighted by Gasteiger charge is -2.22. The summed E-state index contributed by atoms with van der Waals surface area (Å²) >= 11 is 6.06. The van der Waals surface area contributed by atoms with Gasteiger partial charge >= 0.3 is 0 Å². The highest BCUT2D eigenvalue weighted by atomic mass is 35.5. The average Bonchev–Trinajstić information content (AvgIpc) is 3.05. The molecule has 1 aliphatic heterocycles. The van der Waals surface area contributed by atoms with Gasteiger partial charge < -0.3 is 15.5 Å². The van der Waals surface area contributed by atoms with Crippen LogP contribution in [0.15, 0.2) is 30.5 Å². The maximum Gasteiger partial charge on any atom is 0.276 e. The van der Waals surface area contributed by atoms with Gasteiger partial charge in [0, 0.05) is 31.9 Å². The van der Waals surface area contributed by atoms with Gasteiger partial charge in [-0.1, -0.05) is 11.6 Å². The number of carbonyl (C=O) groups excluding carboxylic acids is 1. The van der Waals surface area contributed by atoms with Crippen molar-refractivity contribution >= 4 is 53.7 Å². The third kappa shape index (κ3) is 5.27. The topological polar surface area (TPSA) is 62.2 Å². The summed E-state index contributed by atoms with van der Waals surface area (Å²) in [6.45, 7) is 1.94. The van der Waals surface area contributed by atoms with E-state index in [0.717, 1.165) is 31.6 Å². The summed E-state index contributed by atoms with van der Waals surface area (Å²) in [7, 11) is 3.84. The second kappa shape index (κ2) is 10.0. The summed E-state index contributed by atoms with van der Waals surface area (Å²) in [6, 6.07) is 7.49. The van der Waals surface area contributed by atoms with Crippen molar-refractivity contribution in [2.75, 3.05) is 37.4 Å². The molecule has 2 aromatic rings. The fourth-order valence-electron chi connectivity index (χ4n) is 2.91. The number of aromatic nitrogens is 2. The lowest BCUT2D eigenvalue weighted by Crippen LogP contribution is -2.32. The summed E-state index contributed by atoms with van der Waals surface area (Å²) in [4.78, 5) is 14.5. The van der Waals surface area contributed by atoms with E-state index in [0.29, 0.717) is 22.4 Å². The number of halogens is 3. The molecule has 1 atom stereocenters. The van der Waals surface area contributed by atoms with Crippen LogP contribution in [-0.2, 0) is 0 Å². The van der Waals surface area contributed by atoms with Crippen molar-refractivity contribution in [3.63, 3.8) is 0 Å². The number of hydrogen-bond acceptors (Lipinski definition) is 4. The van der Waals surface area contributed by atoms with E-state index >= 15 is 0 Å².